The van der Waals surface area contributed by atoms with Gasteiger partial charge in [-0.15, -0.1) is 0 Å². The minimum absolute atomic E-state index is 0.0863. The predicted octanol–water partition coefficient (Wildman–Crippen LogP) is 1.06. The molecule has 0 saturated carbocycles. The number of nitrogens with zero attached hydrogens (tertiary/aromatic N) is 1. The number of carbonyl (C=O) groups excluding carboxylic acids is 1. The average molecular weight is 219 g/mol. The van der Waals surface area contributed by atoms with Gasteiger partial charge in [-0.05, 0) is 13.2 Å². The molecule has 0 aliphatic rings. The van der Waals surface area contributed by atoms with Crippen LogP contribution in [0.2, 0.25) is 0 Å². The van der Waals surface area contributed by atoms with Gasteiger partial charge in [-0.25, -0.2) is 0 Å². The minimum atomic E-state index is -0.961. The van der Waals surface area contributed by atoms with E-state index in [1.165, 1.54) is 4.90 Å². The topological polar surface area (TPSA) is 57.6 Å². The quantitative estimate of drug-likeness (QED) is 0.725. The lowest BCUT2D eigenvalue weighted by Gasteiger charge is -2.19. The van der Waals surface area contributed by atoms with Crippen LogP contribution in [0.3, 0.4) is 0 Å². The molecule has 1 N–H and O–H groups in total. The summed E-state index contributed by atoms with van der Waals surface area (Å²) in [7, 11) is 0. The Labute approximate surface area is 88.7 Å². The summed E-state index contributed by atoms with van der Waals surface area (Å²) in [4.78, 5) is 23.3. The molecule has 0 saturated heterocycles. The zero-order chi connectivity index (χ0) is 11.1. The first-order valence-corrected chi connectivity index (χ1v) is 5.82. The molecule has 0 fully saturated rings. The summed E-state index contributed by atoms with van der Waals surface area (Å²) in [6.45, 7) is 3.99. The van der Waals surface area contributed by atoms with Gasteiger partial charge in [0, 0.05) is 18.2 Å². The number of amides is 1. The van der Waals surface area contributed by atoms with E-state index in [1.807, 2.05) is 13.2 Å². The number of aliphatic carboxylic acids is 1. The number of rotatable bonds is 6. The molecular formula is C9H17NO3S. The molecule has 1 amide bonds. The minimum Gasteiger partial charge on any atom is -0.480 e. The molecule has 82 valence electrons. The first-order valence-electron chi connectivity index (χ1n) is 4.53. The van der Waals surface area contributed by atoms with E-state index in [4.69, 9.17) is 5.11 Å². The zero-order valence-corrected chi connectivity index (χ0v) is 9.63. The van der Waals surface area contributed by atoms with Crippen LogP contribution in [0.15, 0.2) is 0 Å². The lowest BCUT2D eigenvalue weighted by Crippen LogP contribution is -2.36. The second-order valence-corrected chi connectivity index (χ2v) is 4.33. The van der Waals surface area contributed by atoms with E-state index in [1.54, 1.807) is 18.7 Å². The van der Waals surface area contributed by atoms with Gasteiger partial charge in [0.1, 0.15) is 6.54 Å². The predicted molar refractivity (Wildman–Crippen MR) is 57.5 cm³/mol. The van der Waals surface area contributed by atoms with Crippen molar-refractivity contribution in [3.8, 4) is 0 Å². The van der Waals surface area contributed by atoms with Crippen molar-refractivity contribution in [2.45, 2.75) is 25.5 Å². The van der Waals surface area contributed by atoms with Crippen molar-refractivity contribution >= 4 is 23.6 Å². The maximum absolute atomic E-state index is 11.5. The molecule has 0 aromatic rings. The molecule has 0 aliphatic heterocycles. The highest BCUT2D eigenvalue weighted by atomic mass is 32.2. The monoisotopic (exact) mass is 219 g/mol. The van der Waals surface area contributed by atoms with Crippen LogP contribution in [0.4, 0.5) is 0 Å². The van der Waals surface area contributed by atoms with Gasteiger partial charge in [-0.2, -0.15) is 11.8 Å². The second-order valence-electron chi connectivity index (χ2n) is 3.05. The molecule has 0 spiro atoms. The van der Waals surface area contributed by atoms with E-state index in [0.717, 1.165) is 0 Å². The fraction of sp³-hybridized carbons (Fsp3) is 0.778. The van der Waals surface area contributed by atoms with Crippen molar-refractivity contribution in [2.75, 3.05) is 19.3 Å². The molecule has 4 nitrogen and oxygen atoms in total. The Morgan fingerprint density at radius 2 is 2.07 bits per heavy atom. The molecule has 5 heteroatoms. The summed E-state index contributed by atoms with van der Waals surface area (Å²) < 4.78 is 0. The Kier molecular flexibility index (Phi) is 6.36. The SMILES string of the molecule is CCN(CC(=O)O)C(=O)CC(C)SC. The van der Waals surface area contributed by atoms with Crippen LogP contribution in [0.1, 0.15) is 20.3 Å². The molecular weight excluding hydrogens is 202 g/mol. The van der Waals surface area contributed by atoms with Gasteiger partial charge in [-0.3, -0.25) is 9.59 Å². The van der Waals surface area contributed by atoms with Gasteiger partial charge in [-0.1, -0.05) is 6.92 Å². The molecule has 1 unspecified atom stereocenters. The first kappa shape index (κ1) is 13.3. The molecule has 0 rings (SSSR count). The van der Waals surface area contributed by atoms with Crippen molar-refractivity contribution in [3.63, 3.8) is 0 Å². The van der Waals surface area contributed by atoms with Gasteiger partial charge >= 0.3 is 5.97 Å². The molecule has 0 aromatic heterocycles. The molecule has 0 aromatic carbocycles. The van der Waals surface area contributed by atoms with Crippen molar-refractivity contribution in [3.05, 3.63) is 0 Å². The van der Waals surface area contributed by atoms with Gasteiger partial charge in [0.2, 0.25) is 5.91 Å². The van der Waals surface area contributed by atoms with Crippen molar-refractivity contribution in [1.82, 2.24) is 4.90 Å². The highest BCUT2D eigenvalue weighted by molar-refractivity contribution is 7.99. The largest absolute Gasteiger partial charge is 0.480 e. The summed E-state index contributed by atoms with van der Waals surface area (Å²) in [5, 5.41) is 8.80. The first-order chi connectivity index (χ1) is 6.51. The van der Waals surface area contributed by atoms with Crippen LogP contribution in [0.5, 0.6) is 0 Å². The second kappa shape index (κ2) is 6.70. The average Bonchev–Trinajstić information content (AvgIpc) is 2.13. The van der Waals surface area contributed by atoms with E-state index >= 15 is 0 Å². The summed E-state index contributed by atoms with van der Waals surface area (Å²) in [5.74, 6) is -1.05. The van der Waals surface area contributed by atoms with E-state index in [2.05, 4.69) is 0 Å². The van der Waals surface area contributed by atoms with Crippen molar-refractivity contribution < 1.29 is 14.7 Å². The lowest BCUT2D eigenvalue weighted by atomic mass is 10.3. The van der Waals surface area contributed by atoms with Crippen LogP contribution in [0.25, 0.3) is 0 Å². The Hall–Kier alpha value is -0.710. The highest BCUT2D eigenvalue weighted by Crippen LogP contribution is 2.11. The Balaban J connectivity index is 4.10. The number of carboxylic acids is 1. The fourth-order valence-corrected chi connectivity index (χ4v) is 1.31. The third-order valence-corrected chi connectivity index (χ3v) is 2.90. The maximum Gasteiger partial charge on any atom is 0.323 e. The molecule has 1 atom stereocenters. The van der Waals surface area contributed by atoms with Gasteiger partial charge < -0.3 is 10.0 Å². The third kappa shape index (κ3) is 5.11. The van der Waals surface area contributed by atoms with E-state index in [0.29, 0.717) is 13.0 Å². The van der Waals surface area contributed by atoms with Crippen LogP contribution in [0, 0.1) is 0 Å². The third-order valence-electron chi connectivity index (χ3n) is 1.92. The van der Waals surface area contributed by atoms with E-state index in [9.17, 15) is 9.59 Å². The van der Waals surface area contributed by atoms with Crippen molar-refractivity contribution in [1.29, 1.82) is 0 Å². The van der Waals surface area contributed by atoms with Crippen LogP contribution in [-0.4, -0.2) is 46.5 Å². The zero-order valence-electron chi connectivity index (χ0n) is 8.82. The van der Waals surface area contributed by atoms with Crippen LogP contribution < -0.4 is 0 Å². The number of carboxylic acid groups (broad SMARTS) is 1. The Bertz CT molecular complexity index is 208. The Morgan fingerprint density at radius 3 is 2.43 bits per heavy atom. The van der Waals surface area contributed by atoms with Crippen molar-refractivity contribution in [2.24, 2.45) is 0 Å². The molecule has 0 heterocycles. The number of thioether (sulfide) groups is 1. The lowest BCUT2D eigenvalue weighted by molar-refractivity contribution is -0.144. The number of hydrogen-bond donors (Lipinski definition) is 1. The van der Waals surface area contributed by atoms with Crippen LogP contribution >= 0.6 is 11.8 Å². The molecule has 14 heavy (non-hydrogen) atoms. The smallest absolute Gasteiger partial charge is 0.323 e. The van der Waals surface area contributed by atoms with Gasteiger partial charge in [0.05, 0.1) is 0 Å². The standard InChI is InChI=1S/C9H17NO3S/c1-4-10(6-9(12)13)8(11)5-7(2)14-3/h7H,4-6H2,1-3H3,(H,12,13). The maximum atomic E-state index is 11.5. The fourth-order valence-electron chi connectivity index (χ4n) is 0.998. The van der Waals surface area contributed by atoms with Crippen LogP contribution in [-0.2, 0) is 9.59 Å². The molecule has 0 radical (unpaired) electrons. The Morgan fingerprint density at radius 1 is 1.50 bits per heavy atom. The normalized spacial score (nSPS) is 12.2. The van der Waals surface area contributed by atoms with Gasteiger partial charge in [0.15, 0.2) is 0 Å². The van der Waals surface area contributed by atoms with Gasteiger partial charge in [0.25, 0.3) is 0 Å². The summed E-state index contributed by atoms with van der Waals surface area (Å²) >= 11 is 1.60. The highest BCUT2D eigenvalue weighted by Gasteiger charge is 2.16. The summed E-state index contributed by atoms with van der Waals surface area (Å²) in [5.41, 5.74) is 0. The number of likely N-dealkylation sites (N-methyl/N-ethyl adjacent to an activating group) is 1. The number of hydrogen-bond acceptors (Lipinski definition) is 3. The number of carbonyl (C=O) groups is 2. The molecule has 0 aliphatic carbocycles. The summed E-state index contributed by atoms with van der Waals surface area (Å²) in [6.07, 6.45) is 2.34. The van der Waals surface area contributed by atoms with E-state index < -0.39 is 5.97 Å². The molecule has 0 bridgehead atoms. The summed E-state index contributed by atoms with van der Waals surface area (Å²) in [6, 6.07) is 0. The van der Waals surface area contributed by atoms with E-state index in [-0.39, 0.29) is 17.7 Å².